The van der Waals surface area contributed by atoms with Gasteiger partial charge in [-0.1, -0.05) is 13.0 Å². The molecule has 0 heterocycles. The van der Waals surface area contributed by atoms with Gasteiger partial charge in [0, 0.05) is 6.42 Å². The quantitative estimate of drug-likeness (QED) is 0.265. The van der Waals surface area contributed by atoms with Crippen LogP contribution in [0.5, 0.6) is 17.2 Å². The zero-order valence-electron chi connectivity index (χ0n) is 16.6. The van der Waals surface area contributed by atoms with Gasteiger partial charge in [-0.05, 0) is 80.1 Å². The Kier molecular flexibility index (Phi) is 9.47. The Labute approximate surface area is 187 Å². The van der Waals surface area contributed by atoms with Crippen molar-refractivity contribution in [1.82, 2.24) is 5.43 Å². The molecule has 0 aromatic heterocycles. The summed E-state index contributed by atoms with van der Waals surface area (Å²) in [6.07, 6.45) is 3.43. The molecule has 0 bridgehead atoms. The van der Waals surface area contributed by atoms with Crippen LogP contribution in [0.4, 0.5) is 0 Å². The molecule has 0 fully saturated rings. The minimum Gasteiger partial charge on any atom is -0.493 e. The van der Waals surface area contributed by atoms with Crippen LogP contribution in [0, 0.1) is 0 Å². The van der Waals surface area contributed by atoms with Crippen molar-refractivity contribution in [3.8, 4) is 17.2 Å². The molecule has 0 unspecified atom stereocenters. The Morgan fingerprint density at radius 2 is 1.90 bits per heavy atom. The third-order valence-corrected chi connectivity index (χ3v) is 5.28. The number of benzene rings is 2. The smallest absolute Gasteiger partial charge is 0.240 e. The molecule has 2 aromatic rings. The highest BCUT2D eigenvalue weighted by molar-refractivity contribution is 9.10. The maximum atomic E-state index is 11.9. The van der Waals surface area contributed by atoms with E-state index in [0.29, 0.717) is 30.9 Å². The second kappa shape index (κ2) is 11.8. The number of hydrogen-bond acceptors (Lipinski definition) is 5. The van der Waals surface area contributed by atoms with Crippen molar-refractivity contribution in [3.05, 3.63) is 50.4 Å². The van der Waals surface area contributed by atoms with Crippen molar-refractivity contribution < 1.29 is 19.0 Å². The minimum absolute atomic E-state index is 0.176. The molecule has 0 spiro atoms. The fourth-order valence-corrected chi connectivity index (χ4v) is 3.71. The number of carbonyl (C=O) groups is 1. The molecule has 0 aliphatic carbocycles. The molecule has 2 rings (SSSR count). The number of amides is 1. The third-order valence-electron chi connectivity index (χ3n) is 4.07. The van der Waals surface area contributed by atoms with E-state index in [0.717, 1.165) is 26.7 Å². The minimum atomic E-state index is -0.176. The number of rotatable bonds is 10. The van der Waals surface area contributed by atoms with E-state index in [9.17, 15) is 4.79 Å². The molecular weight excluding hydrogens is 504 g/mol. The number of carbonyl (C=O) groups excluding carboxylic acids is 1. The van der Waals surface area contributed by atoms with E-state index in [1.807, 2.05) is 24.3 Å². The van der Waals surface area contributed by atoms with Gasteiger partial charge < -0.3 is 14.2 Å². The summed E-state index contributed by atoms with van der Waals surface area (Å²) >= 11 is 6.93. The number of hydrazone groups is 1. The number of nitrogens with one attached hydrogen (secondary N) is 1. The molecule has 1 N–H and O–H groups in total. The van der Waals surface area contributed by atoms with Gasteiger partial charge in [-0.15, -0.1) is 0 Å². The summed E-state index contributed by atoms with van der Waals surface area (Å²) in [6, 6.07) is 9.62. The van der Waals surface area contributed by atoms with Gasteiger partial charge >= 0.3 is 0 Å². The lowest BCUT2D eigenvalue weighted by Crippen LogP contribution is -2.18. The van der Waals surface area contributed by atoms with E-state index in [2.05, 4.69) is 49.3 Å². The van der Waals surface area contributed by atoms with Crippen molar-refractivity contribution >= 4 is 44.0 Å². The highest BCUT2D eigenvalue weighted by Crippen LogP contribution is 2.35. The predicted molar refractivity (Wildman–Crippen MR) is 121 cm³/mol. The number of hydrogen-bond donors (Lipinski definition) is 1. The van der Waals surface area contributed by atoms with Crippen molar-refractivity contribution in [2.75, 3.05) is 20.8 Å². The van der Waals surface area contributed by atoms with Gasteiger partial charge in [0.1, 0.15) is 5.75 Å². The Morgan fingerprint density at radius 3 is 2.55 bits per heavy atom. The molecule has 156 valence electrons. The van der Waals surface area contributed by atoms with Crippen LogP contribution >= 0.6 is 31.9 Å². The molecule has 1 amide bonds. The van der Waals surface area contributed by atoms with Gasteiger partial charge in [-0.25, -0.2) is 5.43 Å². The number of halogens is 2. The first kappa shape index (κ1) is 23.2. The first-order chi connectivity index (χ1) is 14.0. The number of methoxy groups -OCH3 is 2. The lowest BCUT2D eigenvalue weighted by atomic mass is 10.2. The van der Waals surface area contributed by atoms with Crippen LogP contribution < -0.4 is 19.6 Å². The molecule has 0 aliphatic heterocycles. The Balaban J connectivity index is 1.78. The van der Waals surface area contributed by atoms with Gasteiger partial charge in [0.15, 0.2) is 11.5 Å². The first-order valence-corrected chi connectivity index (χ1v) is 10.7. The van der Waals surface area contributed by atoms with Gasteiger partial charge in [-0.3, -0.25) is 4.79 Å². The normalized spacial score (nSPS) is 10.8. The van der Waals surface area contributed by atoms with Crippen LogP contribution in [0.1, 0.15) is 30.9 Å². The Hall–Kier alpha value is -2.06. The first-order valence-electron chi connectivity index (χ1n) is 9.13. The molecule has 2 aromatic carbocycles. The van der Waals surface area contributed by atoms with Crippen molar-refractivity contribution in [2.24, 2.45) is 5.10 Å². The monoisotopic (exact) mass is 526 g/mol. The van der Waals surface area contributed by atoms with E-state index in [1.54, 1.807) is 26.5 Å². The van der Waals surface area contributed by atoms with E-state index in [1.165, 1.54) is 5.56 Å². The van der Waals surface area contributed by atoms with Crippen LogP contribution in [0.15, 0.2) is 44.4 Å². The Morgan fingerprint density at radius 1 is 1.10 bits per heavy atom. The van der Waals surface area contributed by atoms with E-state index in [-0.39, 0.29) is 5.91 Å². The fourth-order valence-electron chi connectivity index (χ4n) is 2.54. The standard InChI is InChI=1S/C21H24Br2N2O4/c1-4-14-7-8-18(16(22)10-14)29-9-5-6-20(26)25-24-13-15-11-17(23)21(28-3)19(12-15)27-2/h7-8,10-13H,4-6,9H2,1-3H3,(H,25,26)/b24-13+. The lowest BCUT2D eigenvalue weighted by Gasteiger charge is -2.10. The van der Waals surface area contributed by atoms with Crippen molar-refractivity contribution in [2.45, 2.75) is 26.2 Å². The summed E-state index contributed by atoms with van der Waals surface area (Å²) < 4.78 is 17.9. The SMILES string of the molecule is CCc1ccc(OCCCC(=O)N/N=C/c2cc(Br)c(OC)c(OC)c2)c(Br)c1. The molecule has 0 aliphatic rings. The zero-order valence-corrected chi connectivity index (χ0v) is 19.8. The maximum Gasteiger partial charge on any atom is 0.240 e. The second-order valence-electron chi connectivity index (χ2n) is 6.10. The zero-order chi connectivity index (χ0) is 21.2. The summed E-state index contributed by atoms with van der Waals surface area (Å²) in [5.41, 5.74) is 4.52. The second-order valence-corrected chi connectivity index (χ2v) is 7.81. The van der Waals surface area contributed by atoms with E-state index >= 15 is 0 Å². The molecule has 0 atom stereocenters. The van der Waals surface area contributed by atoms with Crippen LogP contribution in [0.25, 0.3) is 0 Å². The number of nitrogens with zero attached hydrogens (tertiary/aromatic N) is 1. The summed E-state index contributed by atoms with van der Waals surface area (Å²) in [6.45, 7) is 2.55. The molecule has 0 saturated carbocycles. The van der Waals surface area contributed by atoms with Crippen LogP contribution in [-0.2, 0) is 11.2 Å². The van der Waals surface area contributed by atoms with Crippen LogP contribution in [-0.4, -0.2) is 32.9 Å². The number of aryl methyl sites for hydroxylation is 1. The molecular formula is C21H24Br2N2O4. The maximum absolute atomic E-state index is 11.9. The predicted octanol–water partition coefficient (Wildman–Crippen LogP) is 5.10. The topological polar surface area (TPSA) is 69.2 Å². The molecule has 6 nitrogen and oxygen atoms in total. The summed E-state index contributed by atoms with van der Waals surface area (Å²) in [5.74, 6) is 1.78. The van der Waals surface area contributed by atoms with Gasteiger partial charge in [0.2, 0.25) is 5.91 Å². The van der Waals surface area contributed by atoms with E-state index < -0.39 is 0 Å². The van der Waals surface area contributed by atoms with Crippen LogP contribution in [0.2, 0.25) is 0 Å². The Bertz CT molecular complexity index is 872. The van der Waals surface area contributed by atoms with Crippen LogP contribution in [0.3, 0.4) is 0 Å². The summed E-state index contributed by atoms with van der Waals surface area (Å²) in [4.78, 5) is 11.9. The number of ether oxygens (including phenoxy) is 3. The van der Waals surface area contributed by atoms with E-state index in [4.69, 9.17) is 14.2 Å². The largest absolute Gasteiger partial charge is 0.493 e. The lowest BCUT2D eigenvalue weighted by molar-refractivity contribution is -0.121. The molecule has 0 saturated heterocycles. The average Bonchev–Trinajstić information content (AvgIpc) is 2.71. The average molecular weight is 528 g/mol. The molecule has 0 radical (unpaired) electrons. The highest BCUT2D eigenvalue weighted by Gasteiger charge is 2.09. The van der Waals surface area contributed by atoms with Gasteiger partial charge in [0.25, 0.3) is 0 Å². The summed E-state index contributed by atoms with van der Waals surface area (Å²) in [7, 11) is 3.13. The third kappa shape index (κ3) is 7.04. The summed E-state index contributed by atoms with van der Waals surface area (Å²) in [5, 5.41) is 3.99. The molecule has 8 heteroatoms. The van der Waals surface area contributed by atoms with Crippen molar-refractivity contribution in [1.29, 1.82) is 0 Å². The fraction of sp³-hybridized carbons (Fsp3) is 0.333. The van der Waals surface area contributed by atoms with Gasteiger partial charge in [-0.2, -0.15) is 5.10 Å². The highest BCUT2D eigenvalue weighted by atomic mass is 79.9. The molecule has 29 heavy (non-hydrogen) atoms. The van der Waals surface area contributed by atoms with Crippen molar-refractivity contribution in [3.63, 3.8) is 0 Å². The van der Waals surface area contributed by atoms with Gasteiger partial charge in [0.05, 0.1) is 36.0 Å².